The number of carbonyl (C=O) groups excluding carboxylic acids is 1. The van der Waals surface area contributed by atoms with E-state index in [1.165, 1.54) is 12.1 Å². The Bertz CT molecular complexity index is 879. The van der Waals surface area contributed by atoms with E-state index >= 15 is 0 Å². The van der Waals surface area contributed by atoms with Gasteiger partial charge in [-0.2, -0.15) is 0 Å². The van der Waals surface area contributed by atoms with Crippen molar-refractivity contribution in [1.29, 1.82) is 0 Å². The summed E-state index contributed by atoms with van der Waals surface area (Å²) in [4.78, 5) is 12.4. The first kappa shape index (κ1) is 19.9. The molecule has 0 saturated heterocycles. The lowest BCUT2D eigenvalue weighted by molar-refractivity contribution is 0.0952. The van der Waals surface area contributed by atoms with E-state index in [-0.39, 0.29) is 10.8 Å². The van der Waals surface area contributed by atoms with Crippen molar-refractivity contribution < 1.29 is 13.2 Å². The van der Waals surface area contributed by atoms with Crippen LogP contribution >= 0.6 is 0 Å². The van der Waals surface area contributed by atoms with Gasteiger partial charge in [0.2, 0.25) is 0 Å². The molecule has 1 amide bonds. The van der Waals surface area contributed by atoms with Crippen LogP contribution in [0.4, 0.5) is 5.69 Å². The molecule has 0 fully saturated rings. The smallest absolute Gasteiger partial charge is 0.261 e. The van der Waals surface area contributed by atoms with Crippen molar-refractivity contribution >= 4 is 21.6 Å². The van der Waals surface area contributed by atoms with Crippen LogP contribution in [0.2, 0.25) is 0 Å². The van der Waals surface area contributed by atoms with Gasteiger partial charge in [0.1, 0.15) is 0 Å². The van der Waals surface area contributed by atoms with E-state index in [1.54, 1.807) is 31.2 Å². The van der Waals surface area contributed by atoms with E-state index in [2.05, 4.69) is 10.0 Å². The van der Waals surface area contributed by atoms with E-state index in [1.807, 2.05) is 13.0 Å². The number of aryl methyl sites for hydroxylation is 2. The number of nitrogens with one attached hydrogen (secondary N) is 2. The summed E-state index contributed by atoms with van der Waals surface area (Å²) in [5.41, 5.74) is 7.94. The monoisotopic (exact) mass is 375 g/mol. The van der Waals surface area contributed by atoms with Crippen molar-refractivity contribution in [3.63, 3.8) is 0 Å². The zero-order valence-corrected chi connectivity index (χ0v) is 15.9. The molecule has 2 aromatic carbocycles. The number of nitrogens with two attached hydrogens (primary N) is 1. The Kier molecular flexibility index (Phi) is 6.76. The van der Waals surface area contributed by atoms with Gasteiger partial charge in [-0.15, -0.1) is 0 Å². The van der Waals surface area contributed by atoms with Gasteiger partial charge in [0, 0.05) is 17.8 Å². The standard InChI is InChI=1S/C19H25N3O3S/c1-14-6-5-7-16(12-14)22-26(24,25)17-9-8-15(2)18(13-17)19(23)21-11-4-3-10-20/h5-9,12-13,22H,3-4,10-11,20H2,1-2H3,(H,21,23). The fourth-order valence-corrected chi connectivity index (χ4v) is 3.58. The molecule has 6 nitrogen and oxygen atoms in total. The summed E-state index contributed by atoms with van der Waals surface area (Å²) in [7, 11) is -3.78. The number of benzene rings is 2. The lowest BCUT2D eigenvalue weighted by atomic mass is 10.1. The minimum Gasteiger partial charge on any atom is -0.352 e. The third-order valence-electron chi connectivity index (χ3n) is 3.95. The van der Waals surface area contributed by atoms with Gasteiger partial charge in [0.25, 0.3) is 15.9 Å². The molecule has 0 aliphatic rings. The second-order valence-corrected chi connectivity index (χ2v) is 7.89. The molecule has 0 spiro atoms. The van der Waals surface area contributed by atoms with E-state index < -0.39 is 10.0 Å². The Morgan fingerprint density at radius 2 is 1.85 bits per heavy atom. The highest BCUT2D eigenvalue weighted by Gasteiger charge is 2.18. The fraction of sp³-hybridized carbons (Fsp3) is 0.316. The predicted octanol–water partition coefficient (Wildman–Crippen LogP) is 2.57. The lowest BCUT2D eigenvalue weighted by Crippen LogP contribution is -2.26. The molecule has 2 aromatic rings. The fourth-order valence-electron chi connectivity index (χ4n) is 2.50. The van der Waals surface area contributed by atoms with Crippen molar-refractivity contribution in [3.8, 4) is 0 Å². The molecule has 0 heterocycles. The van der Waals surface area contributed by atoms with Gasteiger partial charge in [-0.05, 0) is 68.6 Å². The molecular formula is C19H25N3O3S. The molecule has 2 rings (SSSR count). The molecule has 0 aromatic heterocycles. The Morgan fingerprint density at radius 1 is 1.08 bits per heavy atom. The van der Waals surface area contributed by atoms with Gasteiger partial charge in [0.15, 0.2) is 0 Å². The highest BCUT2D eigenvalue weighted by Crippen LogP contribution is 2.20. The number of unbranched alkanes of at least 4 members (excludes halogenated alkanes) is 1. The molecule has 0 unspecified atom stereocenters. The van der Waals surface area contributed by atoms with Crippen LogP contribution < -0.4 is 15.8 Å². The summed E-state index contributed by atoms with van der Waals surface area (Å²) in [6.07, 6.45) is 1.61. The Balaban J connectivity index is 2.20. The lowest BCUT2D eigenvalue weighted by Gasteiger charge is -2.12. The maximum atomic E-state index is 12.6. The Morgan fingerprint density at radius 3 is 2.54 bits per heavy atom. The van der Waals surface area contributed by atoms with Crippen LogP contribution in [-0.2, 0) is 10.0 Å². The molecule has 0 aliphatic carbocycles. The minimum absolute atomic E-state index is 0.0525. The largest absolute Gasteiger partial charge is 0.352 e. The van der Waals surface area contributed by atoms with E-state index in [0.29, 0.717) is 24.3 Å². The van der Waals surface area contributed by atoms with Crippen LogP contribution in [0.1, 0.15) is 34.3 Å². The van der Waals surface area contributed by atoms with Crippen molar-refractivity contribution in [2.45, 2.75) is 31.6 Å². The van der Waals surface area contributed by atoms with Crippen molar-refractivity contribution in [1.82, 2.24) is 5.32 Å². The zero-order valence-electron chi connectivity index (χ0n) is 15.1. The quantitative estimate of drug-likeness (QED) is 0.617. The molecule has 0 aliphatic heterocycles. The number of hydrogen-bond acceptors (Lipinski definition) is 4. The maximum Gasteiger partial charge on any atom is 0.261 e. The van der Waals surface area contributed by atoms with Crippen molar-refractivity contribution in [2.24, 2.45) is 5.73 Å². The molecule has 0 bridgehead atoms. The number of rotatable bonds is 8. The number of carbonyl (C=O) groups is 1. The minimum atomic E-state index is -3.78. The van der Waals surface area contributed by atoms with Gasteiger partial charge >= 0.3 is 0 Å². The normalized spacial score (nSPS) is 11.2. The summed E-state index contributed by atoms with van der Waals surface area (Å²) < 4.78 is 27.8. The summed E-state index contributed by atoms with van der Waals surface area (Å²) in [5, 5.41) is 2.80. The summed E-state index contributed by atoms with van der Waals surface area (Å²) in [5.74, 6) is -0.285. The first-order chi connectivity index (χ1) is 12.3. The van der Waals surface area contributed by atoms with Crippen molar-refractivity contribution in [3.05, 3.63) is 59.2 Å². The number of hydrogen-bond donors (Lipinski definition) is 3. The van der Waals surface area contributed by atoms with Crippen LogP contribution in [0.15, 0.2) is 47.4 Å². The van der Waals surface area contributed by atoms with Crippen LogP contribution in [0, 0.1) is 13.8 Å². The van der Waals surface area contributed by atoms with Crippen LogP contribution in [0.25, 0.3) is 0 Å². The summed E-state index contributed by atoms with van der Waals surface area (Å²) in [6.45, 7) is 4.75. The van der Waals surface area contributed by atoms with Gasteiger partial charge in [0.05, 0.1) is 4.90 Å². The molecule has 7 heteroatoms. The third kappa shape index (κ3) is 5.31. The predicted molar refractivity (Wildman–Crippen MR) is 104 cm³/mol. The van der Waals surface area contributed by atoms with Gasteiger partial charge in [-0.1, -0.05) is 18.2 Å². The average Bonchev–Trinajstić information content (AvgIpc) is 2.58. The van der Waals surface area contributed by atoms with E-state index in [9.17, 15) is 13.2 Å². The van der Waals surface area contributed by atoms with Crippen LogP contribution in [0.3, 0.4) is 0 Å². The van der Waals surface area contributed by atoms with Crippen LogP contribution in [-0.4, -0.2) is 27.4 Å². The molecule has 4 N–H and O–H groups in total. The molecule has 140 valence electrons. The zero-order chi connectivity index (χ0) is 19.2. The molecule has 26 heavy (non-hydrogen) atoms. The molecular weight excluding hydrogens is 350 g/mol. The number of sulfonamides is 1. The first-order valence-electron chi connectivity index (χ1n) is 8.52. The maximum absolute atomic E-state index is 12.6. The van der Waals surface area contributed by atoms with Gasteiger partial charge in [-0.25, -0.2) is 8.42 Å². The molecule has 0 radical (unpaired) electrons. The van der Waals surface area contributed by atoms with E-state index in [0.717, 1.165) is 24.0 Å². The summed E-state index contributed by atoms with van der Waals surface area (Å²) in [6, 6.07) is 11.6. The van der Waals surface area contributed by atoms with Crippen LogP contribution in [0.5, 0.6) is 0 Å². The Hall–Kier alpha value is -2.38. The van der Waals surface area contributed by atoms with Gasteiger partial charge < -0.3 is 11.1 Å². The summed E-state index contributed by atoms with van der Waals surface area (Å²) >= 11 is 0. The first-order valence-corrected chi connectivity index (χ1v) is 10.0. The van der Waals surface area contributed by atoms with Gasteiger partial charge in [-0.3, -0.25) is 9.52 Å². The molecule has 0 saturated carbocycles. The second-order valence-electron chi connectivity index (χ2n) is 6.20. The Labute approximate surface area is 154 Å². The van der Waals surface area contributed by atoms with Crippen molar-refractivity contribution in [2.75, 3.05) is 17.8 Å². The SMILES string of the molecule is Cc1cccc(NS(=O)(=O)c2ccc(C)c(C(=O)NCCCCN)c2)c1. The highest BCUT2D eigenvalue weighted by atomic mass is 32.2. The van der Waals surface area contributed by atoms with E-state index in [4.69, 9.17) is 5.73 Å². The number of anilines is 1. The molecule has 0 atom stereocenters. The topological polar surface area (TPSA) is 101 Å². The highest BCUT2D eigenvalue weighted by molar-refractivity contribution is 7.92. The second kappa shape index (κ2) is 8.82. The third-order valence-corrected chi connectivity index (χ3v) is 5.33. The average molecular weight is 375 g/mol. The number of amides is 1.